The summed E-state index contributed by atoms with van der Waals surface area (Å²) < 4.78 is 7.13. The minimum absolute atomic E-state index is 0.0382. The van der Waals surface area contributed by atoms with Gasteiger partial charge < -0.3 is 9.32 Å². The lowest BCUT2D eigenvalue weighted by Crippen LogP contribution is -2.50. The van der Waals surface area contributed by atoms with E-state index < -0.39 is 0 Å². The van der Waals surface area contributed by atoms with E-state index in [0.717, 1.165) is 31.8 Å². The standard InChI is InChI=1S/C17H26N6O2/c1-4-6-14(16-18-19-20-23(16)13(2)3)21-8-10-22(11-9-21)17(24)15-7-5-12-25-15/h5,7,12-14H,4,6,8-11H2,1-3H3. The number of hydrogen-bond acceptors (Lipinski definition) is 6. The first-order valence-corrected chi connectivity index (χ1v) is 8.96. The van der Waals surface area contributed by atoms with E-state index in [1.807, 2.05) is 9.58 Å². The molecule has 2 aromatic rings. The van der Waals surface area contributed by atoms with Gasteiger partial charge in [0, 0.05) is 26.2 Å². The van der Waals surface area contributed by atoms with Crippen molar-refractivity contribution in [1.29, 1.82) is 0 Å². The van der Waals surface area contributed by atoms with E-state index in [1.54, 1.807) is 12.1 Å². The molecule has 1 unspecified atom stereocenters. The minimum Gasteiger partial charge on any atom is -0.459 e. The first kappa shape index (κ1) is 17.6. The molecule has 1 aliphatic heterocycles. The second-order valence-corrected chi connectivity index (χ2v) is 6.69. The third-order valence-electron chi connectivity index (χ3n) is 4.64. The number of tetrazole rings is 1. The van der Waals surface area contributed by atoms with Gasteiger partial charge in [-0.15, -0.1) is 5.10 Å². The summed E-state index contributed by atoms with van der Waals surface area (Å²) in [7, 11) is 0. The normalized spacial score (nSPS) is 17.2. The molecular weight excluding hydrogens is 320 g/mol. The Morgan fingerprint density at radius 2 is 2.04 bits per heavy atom. The van der Waals surface area contributed by atoms with Crippen LogP contribution in [0.15, 0.2) is 22.8 Å². The van der Waals surface area contributed by atoms with Crippen LogP contribution in [0.5, 0.6) is 0 Å². The SMILES string of the molecule is CCCC(c1nnnn1C(C)C)N1CCN(C(=O)c2ccco2)CC1. The fraction of sp³-hybridized carbons (Fsp3) is 0.647. The highest BCUT2D eigenvalue weighted by molar-refractivity contribution is 5.91. The average molecular weight is 346 g/mol. The van der Waals surface area contributed by atoms with E-state index in [1.165, 1.54) is 6.26 Å². The highest BCUT2D eigenvalue weighted by Gasteiger charge is 2.31. The van der Waals surface area contributed by atoms with Crippen molar-refractivity contribution >= 4 is 5.91 Å². The average Bonchev–Trinajstić information content (AvgIpc) is 3.30. The molecule has 25 heavy (non-hydrogen) atoms. The summed E-state index contributed by atoms with van der Waals surface area (Å²) >= 11 is 0. The minimum atomic E-state index is -0.0382. The van der Waals surface area contributed by atoms with Crippen LogP contribution in [0.4, 0.5) is 0 Å². The van der Waals surface area contributed by atoms with Gasteiger partial charge >= 0.3 is 0 Å². The lowest BCUT2D eigenvalue weighted by atomic mass is 10.1. The number of carbonyl (C=O) groups excluding carboxylic acids is 1. The molecule has 3 rings (SSSR count). The van der Waals surface area contributed by atoms with E-state index >= 15 is 0 Å². The summed E-state index contributed by atoms with van der Waals surface area (Å²) in [6.07, 6.45) is 3.59. The third kappa shape index (κ3) is 3.73. The van der Waals surface area contributed by atoms with Crippen molar-refractivity contribution in [1.82, 2.24) is 30.0 Å². The second-order valence-electron chi connectivity index (χ2n) is 6.69. The maximum absolute atomic E-state index is 12.4. The molecule has 8 heteroatoms. The molecule has 1 saturated heterocycles. The molecule has 3 heterocycles. The molecule has 0 aromatic carbocycles. The molecule has 0 aliphatic carbocycles. The van der Waals surface area contributed by atoms with Crippen LogP contribution >= 0.6 is 0 Å². The number of aromatic nitrogens is 4. The Morgan fingerprint density at radius 1 is 1.28 bits per heavy atom. The summed E-state index contributed by atoms with van der Waals surface area (Å²) in [4.78, 5) is 16.7. The topological polar surface area (TPSA) is 80.3 Å². The molecule has 0 spiro atoms. The Balaban J connectivity index is 1.68. The fourth-order valence-corrected chi connectivity index (χ4v) is 3.33. The summed E-state index contributed by atoms with van der Waals surface area (Å²) in [5.74, 6) is 1.29. The predicted octanol–water partition coefficient (Wildman–Crippen LogP) is 2.15. The molecular formula is C17H26N6O2. The molecule has 0 bridgehead atoms. The van der Waals surface area contributed by atoms with Crippen molar-refractivity contribution in [3.63, 3.8) is 0 Å². The molecule has 1 amide bonds. The number of nitrogens with zero attached hydrogens (tertiary/aromatic N) is 6. The summed E-state index contributed by atoms with van der Waals surface area (Å²) in [5, 5.41) is 12.3. The highest BCUT2D eigenvalue weighted by atomic mass is 16.3. The molecule has 1 aliphatic rings. The zero-order valence-electron chi connectivity index (χ0n) is 15.1. The van der Waals surface area contributed by atoms with Gasteiger partial charge in [0.15, 0.2) is 11.6 Å². The van der Waals surface area contributed by atoms with Gasteiger partial charge in [-0.1, -0.05) is 13.3 Å². The fourth-order valence-electron chi connectivity index (χ4n) is 3.33. The predicted molar refractivity (Wildman–Crippen MR) is 92.0 cm³/mol. The monoisotopic (exact) mass is 346 g/mol. The zero-order chi connectivity index (χ0) is 17.8. The lowest BCUT2D eigenvalue weighted by molar-refractivity contribution is 0.0513. The van der Waals surface area contributed by atoms with Crippen molar-refractivity contribution in [2.75, 3.05) is 26.2 Å². The van der Waals surface area contributed by atoms with E-state index in [0.29, 0.717) is 18.8 Å². The van der Waals surface area contributed by atoms with Crippen LogP contribution in [-0.4, -0.2) is 62.1 Å². The molecule has 1 atom stereocenters. The van der Waals surface area contributed by atoms with Crippen molar-refractivity contribution < 1.29 is 9.21 Å². The van der Waals surface area contributed by atoms with E-state index in [4.69, 9.17) is 4.42 Å². The quantitative estimate of drug-likeness (QED) is 0.797. The van der Waals surface area contributed by atoms with Crippen LogP contribution in [0.1, 0.15) is 62.1 Å². The van der Waals surface area contributed by atoms with E-state index in [2.05, 4.69) is 41.2 Å². The first-order valence-electron chi connectivity index (χ1n) is 8.96. The molecule has 8 nitrogen and oxygen atoms in total. The highest BCUT2D eigenvalue weighted by Crippen LogP contribution is 2.26. The molecule has 1 fully saturated rings. The van der Waals surface area contributed by atoms with Gasteiger partial charge in [0.2, 0.25) is 0 Å². The van der Waals surface area contributed by atoms with E-state index in [-0.39, 0.29) is 18.0 Å². The van der Waals surface area contributed by atoms with Gasteiger partial charge in [-0.25, -0.2) is 4.68 Å². The van der Waals surface area contributed by atoms with Crippen molar-refractivity contribution in [3.8, 4) is 0 Å². The number of carbonyl (C=O) groups is 1. The summed E-state index contributed by atoms with van der Waals surface area (Å²) in [5.41, 5.74) is 0. The van der Waals surface area contributed by atoms with Gasteiger partial charge in [0.05, 0.1) is 18.3 Å². The van der Waals surface area contributed by atoms with Crippen molar-refractivity contribution in [2.45, 2.75) is 45.7 Å². The first-order chi connectivity index (χ1) is 12.1. The molecule has 0 N–H and O–H groups in total. The molecule has 136 valence electrons. The Labute approximate surface area is 147 Å². The second kappa shape index (κ2) is 7.77. The smallest absolute Gasteiger partial charge is 0.289 e. The maximum Gasteiger partial charge on any atom is 0.289 e. The Morgan fingerprint density at radius 3 is 2.64 bits per heavy atom. The molecule has 0 radical (unpaired) electrons. The van der Waals surface area contributed by atoms with Crippen LogP contribution < -0.4 is 0 Å². The molecule has 2 aromatic heterocycles. The van der Waals surface area contributed by atoms with Gasteiger partial charge in [0.1, 0.15) is 0 Å². The summed E-state index contributed by atoms with van der Waals surface area (Å²) in [6.45, 7) is 9.33. The van der Waals surface area contributed by atoms with Gasteiger partial charge in [-0.3, -0.25) is 9.69 Å². The van der Waals surface area contributed by atoms with Gasteiger partial charge in [-0.2, -0.15) is 0 Å². The number of rotatable bonds is 6. The van der Waals surface area contributed by atoms with Crippen LogP contribution in [0.2, 0.25) is 0 Å². The van der Waals surface area contributed by atoms with Gasteiger partial charge in [-0.05, 0) is 42.8 Å². The number of furan rings is 1. The Hall–Kier alpha value is -2.22. The summed E-state index contributed by atoms with van der Waals surface area (Å²) in [6, 6.07) is 3.87. The number of piperazine rings is 1. The Kier molecular flexibility index (Phi) is 5.47. The zero-order valence-corrected chi connectivity index (χ0v) is 15.1. The number of hydrogen-bond donors (Lipinski definition) is 0. The number of amides is 1. The third-order valence-corrected chi connectivity index (χ3v) is 4.64. The largest absolute Gasteiger partial charge is 0.459 e. The lowest BCUT2D eigenvalue weighted by Gasteiger charge is -2.38. The van der Waals surface area contributed by atoms with Crippen molar-refractivity contribution in [2.24, 2.45) is 0 Å². The van der Waals surface area contributed by atoms with E-state index in [9.17, 15) is 4.79 Å². The van der Waals surface area contributed by atoms with Crippen molar-refractivity contribution in [3.05, 3.63) is 30.0 Å². The van der Waals surface area contributed by atoms with Crippen LogP contribution in [0.25, 0.3) is 0 Å². The van der Waals surface area contributed by atoms with Crippen LogP contribution in [0.3, 0.4) is 0 Å². The maximum atomic E-state index is 12.4. The van der Waals surface area contributed by atoms with Gasteiger partial charge in [0.25, 0.3) is 5.91 Å². The van der Waals surface area contributed by atoms with Crippen LogP contribution in [0, 0.1) is 0 Å². The van der Waals surface area contributed by atoms with Crippen LogP contribution in [-0.2, 0) is 0 Å². The molecule has 0 saturated carbocycles. The Bertz CT molecular complexity index is 673.